The molecule has 12 heteroatoms. The first kappa shape index (κ1) is 32.1. The Bertz CT molecular complexity index is 1650. The first-order valence-electron chi connectivity index (χ1n) is 13.4. The molecule has 0 saturated carbocycles. The molecule has 0 aliphatic heterocycles. The Labute approximate surface area is 263 Å². The van der Waals surface area contributed by atoms with Gasteiger partial charge in [-0.1, -0.05) is 24.3 Å². The van der Waals surface area contributed by atoms with Crippen molar-refractivity contribution in [2.24, 2.45) is 0 Å². The van der Waals surface area contributed by atoms with Crippen LogP contribution in [0.3, 0.4) is 0 Å². The summed E-state index contributed by atoms with van der Waals surface area (Å²) in [4.78, 5) is 44.4. The van der Waals surface area contributed by atoms with Gasteiger partial charge in [0.15, 0.2) is 16.6 Å². The molecule has 0 radical (unpaired) electrons. The summed E-state index contributed by atoms with van der Waals surface area (Å²) in [6, 6.07) is 19.0. The lowest BCUT2D eigenvalue weighted by Gasteiger charge is -2.15. The Morgan fingerprint density at radius 1 is 0.909 bits per heavy atom. The van der Waals surface area contributed by atoms with E-state index in [1.54, 1.807) is 67.6 Å². The minimum atomic E-state index is -0.560. The fraction of sp³-hybridized carbons (Fsp3) is 0.188. The van der Waals surface area contributed by atoms with Crippen molar-refractivity contribution in [2.45, 2.75) is 24.0 Å². The van der Waals surface area contributed by atoms with Crippen LogP contribution in [-0.2, 0) is 9.59 Å². The number of anilines is 2. The van der Waals surface area contributed by atoms with E-state index in [2.05, 4.69) is 20.9 Å². The highest BCUT2D eigenvalue weighted by Gasteiger charge is 2.19. The number of carbonyl (C=O) groups excluding carboxylic acids is 3. The highest BCUT2D eigenvalue weighted by Crippen LogP contribution is 2.38. The first-order valence-corrected chi connectivity index (χ1v) is 15.2. The zero-order chi connectivity index (χ0) is 31.6. The maximum Gasteiger partial charge on any atom is 0.272 e. The third kappa shape index (κ3) is 8.39. The fourth-order valence-corrected chi connectivity index (χ4v) is 5.63. The molecule has 1 unspecified atom stereocenters. The quantitative estimate of drug-likeness (QED) is 0.128. The predicted octanol–water partition coefficient (Wildman–Crippen LogP) is 6.01. The van der Waals surface area contributed by atoms with Crippen molar-refractivity contribution in [1.82, 2.24) is 10.3 Å². The molecule has 3 aromatic carbocycles. The molecule has 3 amide bonds. The Morgan fingerprint density at radius 3 is 2.23 bits per heavy atom. The summed E-state index contributed by atoms with van der Waals surface area (Å²) in [5, 5.41) is 10.4. The molecule has 4 aromatic rings. The maximum absolute atomic E-state index is 13.6. The zero-order valence-corrected chi connectivity index (χ0v) is 26.4. The van der Waals surface area contributed by atoms with Gasteiger partial charge in [-0.05, 0) is 68.0 Å². The summed E-state index contributed by atoms with van der Waals surface area (Å²) in [5.41, 5.74) is 2.21. The van der Waals surface area contributed by atoms with Gasteiger partial charge in [-0.2, -0.15) is 0 Å². The summed E-state index contributed by atoms with van der Waals surface area (Å²) in [6.07, 6.45) is 1.52. The van der Waals surface area contributed by atoms with E-state index in [4.69, 9.17) is 14.2 Å². The molecular formula is C32H32N4O6S2. The number of thioether (sulfide) groups is 1. The average Bonchev–Trinajstić information content (AvgIpc) is 3.44. The number of methoxy groups -OCH3 is 3. The predicted molar refractivity (Wildman–Crippen MR) is 174 cm³/mol. The standard InChI is InChI=1S/C32H32N4O6S2/c1-19-18-43-32(33-19)36-29(37)20(2)44-24-13-9-12-23(17-24)34-31(39)25(35-30(38)22-10-7-6-8-11-22)14-21-15-26(40-3)28(42-5)27(16-21)41-4/h6-18,20H,1-5H3,(H,34,39)(H,35,38)(H,33,36,37)/b25-14+. The van der Waals surface area contributed by atoms with Crippen LogP contribution in [0.5, 0.6) is 17.2 Å². The van der Waals surface area contributed by atoms with E-state index in [9.17, 15) is 14.4 Å². The number of benzene rings is 3. The molecule has 3 N–H and O–H groups in total. The second-order valence-electron chi connectivity index (χ2n) is 9.36. The monoisotopic (exact) mass is 632 g/mol. The normalized spacial score (nSPS) is 11.7. The lowest BCUT2D eigenvalue weighted by molar-refractivity contribution is -0.115. The molecule has 1 heterocycles. The van der Waals surface area contributed by atoms with Crippen LogP contribution < -0.4 is 30.2 Å². The highest BCUT2D eigenvalue weighted by molar-refractivity contribution is 8.00. The van der Waals surface area contributed by atoms with Crippen molar-refractivity contribution in [3.8, 4) is 17.2 Å². The van der Waals surface area contributed by atoms with Crippen molar-refractivity contribution in [3.05, 3.63) is 94.6 Å². The van der Waals surface area contributed by atoms with Gasteiger partial charge in [-0.15, -0.1) is 23.1 Å². The number of thiazole rings is 1. The van der Waals surface area contributed by atoms with E-state index in [-0.39, 0.29) is 11.6 Å². The van der Waals surface area contributed by atoms with Crippen molar-refractivity contribution < 1.29 is 28.6 Å². The second-order valence-corrected chi connectivity index (χ2v) is 11.6. The Hall–Kier alpha value is -4.81. The van der Waals surface area contributed by atoms with Crippen molar-refractivity contribution in [3.63, 3.8) is 0 Å². The van der Waals surface area contributed by atoms with E-state index in [1.165, 1.54) is 50.5 Å². The largest absolute Gasteiger partial charge is 0.493 e. The lowest BCUT2D eigenvalue weighted by atomic mass is 10.1. The number of nitrogens with zero attached hydrogens (tertiary/aromatic N) is 1. The van der Waals surface area contributed by atoms with E-state index >= 15 is 0 Å². The summed E-state index contributed by atoms with van der Waals surface area (Å²) in [6.45, 7) is 3.66. The molecule has 10 nitrogen and oxygen atoms in total. The van der Waals surface area contributed by atoms with E-state index in [1.807, 2.05) is 18.4 Å². The van der Waals surface area contributed by atoms with Crippen LogP contribution in [0.2, 0.25) is 0 Å². The molecule has 0 aliphatic rings. The van der Waals surface area contributed by atoms with E-state index in [0.29, 0.717) is 39.2 Å². The van der Waals surface area contributed by atoms with Gasteiger partial charge in [0.2, 0.25) is 11.7 Å². The first-order chi connectivity index (χ1) is 21.2. The third-order valence-electron chi connectivity index (χ3n) is 6.15. The average molecular weight is 633 g/mol. The molecule has 0 fully saturated rings. The number of aromatic nitrogens is 1. The molecule has 1 aromatic heterocycles. The number of nitrogens with one attached hydrogen (secondary N) is 3. The van der Waals surface area contributed by atoms with E-state index < -0.39 is 17.1 Å². The number of ether oxygens (including phenoxy) is 3. The molecule has 0 aliphatic carbocycles. The number of aryl methyl sites for hydroxylation is 1. The number of rotatable bonds is 12. The van der Waals surface area contributed by atoms with Gasteiger partial charge in [0.25, 0.3) is 11.8 Å². The van der Waals surface area contributed by atoms with Crippen LogP contribution in [0.4, 0.5) is 10.8 Å². The Kier molecular flexibility index (Phi) is 11.0. The molecule has 44 heavy (non-hydrogen) atoms. The lowest BCUT2D eigenvalue weighted by Crippen LogP contribution is -2.30. The van der Waals surface area contributed by atoms with Gasteiger partial charge in [0.05, 0.1) is 32.3 Å². The van der Waals surface area contributed by atoms with Crippen molar-refractivity contribution in [1.29, 1.82) is 0 Å². The number of hydrogen-bond acceptors (Lipinski definition) is 9. The minimum absolute atomic E-state index is 0.0160. The van der Waals surface area contributed by atoms with Gasteiger partial charge in [0.1, 0.15) is 5.70 Å². The Balaban J connectivity index is 1.57. The van der Waals surface area contributed by atoms with Crippen molar-refractivity contribution in [2.75, 3.05) is 32.0 Å². The van der Waals surface area contributed by atoms with Crippen molar-refractivity contribution >= 4 is 57.7 Å². The summed E-state index contributed by atoms with van der Waals surface area (Å²) in [7, 11) is 4.48. The molecule has 0 spiro atoms. The van der Waals surface area contributed by atoms with Gasteiger partial charge < -0.3 is 30.2 Å². The Morgan fingerprint density at radius 2 is 1.61 bits per heavy atom. The maximum atomic E-state index is 13.6. The molecular weight excluding hydrogens is 601 g/mol. The van der Waals surface area contributed by atoms with Crippen LogP contribution in [0.1, 0.15) is 28.5 Å². The third-order valence-corrected chi connectivity index (χ3v) is 8.12. The summed E-state index contributed by atoms with van der Waals surface area (Å²) >= 11 is 2.71. The summed E-state index contributed by atoms with van der Waals surface area (Å²) in [5.74, 6) is -0.0298. The zero-order valence-electron chi connectivity index (χ0n) is 24.8. The van der Waals surface area contributed by atoms with Gasteiger partial charge >= 0.3 is 0 Å². The van der Waals surface area contributed by atoms with Gasteiger partial charge in [-0.3, -0.25) is 14.4 Å². The minimum Gasteiger partial charge on any atom is -0.493 e. The van der Waals surface area contributed by atoms with Crippen LogP contribution in [0, 0.1) is 6.92 Å². The number of hydrogen-bond donors (Lipinski definition) is 3. The number of amides is 3. The summed E-state index contributed by atoms with van der Waals surface area (Å²) < 4.78 is 16.3. The second kappa shape index (κ2) is 15.1. The molecule has 228 valence electrons. The molecule has 0 saturated heterocycles. The van der Waals surface area contributed by atoms with Crippen LogP contribution in [0.15, 0.2) is 82.7 Å². The topological polar surface area (TPSA) is 128 Å². The molecule has 0 bridgehead atoms. The molecule has 1 atom stereocenters. The highest BCUT2D eigenvalue weighted by atomic mass is 32.2. The van der Waals surface area contributed by atoms with Gasteiger partial charge in [-0.25, -0.2) is 4.98 Å². The van der Waals surface area contributed by atoms with Gasteiger partial charge in [0, 0.05) is 21.5 Å². The van der Waals surface area contributed by atoms with E-state index in [0.717, 1.165) is 10.6 Å². The van der Waals surface area contributed by atoms with Crippen LogP contribution >= 0.6 is 23.1 Å². The molecule has 4 rings (SSSR count). The van der Waals surface area contributed by atoms with Crippen LogP contribution in [0.25, 0.3) is 6.08 Å². The van der Waals surface area contributed by atoms with Crippen LogP contribution in [-0.4, -0.2) is 49.3 Å². The SMILES string of the molecule is COc1cc(/C=C(/NC(=O)c2ccccc2)C(=O)Nc2cccc(SC(C)C(=O)Nc3nc(C)cs3)c2)cc(OC)c1OC. The number of carbonyl (C=O) groups is 3. The smallest absolute Gasteiger partial charge is 0.272 e. The fourth-order valence-electron chi connectivity index (χ4n) is 4.02.